The summed E-state index contributed by atoms with van der Waals surface area (Å²) in [4.78, 5) is 26.3. The lowest BCUT2D eigenvalue weighted by atomic mass is 9.98. The molecule has 2 fully saturated rings. The molecule has 190 valence electrons. The molecule has 2 aliphatic heterocycles. The van der Waals surface area contributed by atoms with Crippen LogP contribution >= 0.6 is 0 Å². The minimum Gasteiger partial charge on any atom is -0.388 e. The van der Waals surface area contributed by atoms with Crippen LogP contribution in [0, 0.1) is 11.7 Å². The number of rotatable bonds is 4. The van der Waals surface area contributed by atoms with Crippen LogP contribution in [0.2, 0.25) is 0 Å². The fourth-order valence-electron chi connectivity index (χ4n) is 3.95. The minimum absolute atomic E-state index is 0.0216. The summed E-state index contributed by atoms with van der Waals surface area (Å²) in [5, 5.41) is 2.91. The SMILES string of the molecule is CNc1ccc(N2CCOCC2)c(F)c1.O=CC1CCN(C(=O)c2ccc(C(F)(F)F)cc2)CC1. The Kier molecular flexibility index (Phi) is 9.08. The van der Waals surface area contributed by atoms with E-state index in [-0.39, 0.29) is 23.2 Å². The van der Waals surface area contributed by atoms with Crippen molar-refractivity contribution in [2.45, 2.75) is 19.0 Å². The molecule has 35 heavy (non-hydrogen) atoms. The van der Waals surface area contributed by atoms with Crippen LogP contribution < -0.4 is 10.2 Å². The predicted octanol–water partition coefficient (Wildman–Crippen LogP) is 4.46. The van der Waals surface area contributed by atoms with Gasteiger partial charge in [-0.3, -0.25) is 4.79 Å². The Morgan fingerprint density at radius 2 is 1.66 bits per heavy atom. The summed E-state index contributed by atoms with van der Waals surface area (Å²) in [5.41, 5.74) is 0.929. The first-order valence-electron chi connectivity index (χ1n) is 11.4. The van der Waals surface area contributed by atoms with Gasteiger partial charge in [-0.1, -0.05) is 0 Å². The van der Waals surface area contributed by atoms with Crippen molar-refractivity contribution in [3.8, 4) is 0 Å². The number of aldehydes is 1. The lowest BCUT2D eigenvalue weighted by molar-refractivity contribution is -0.137. The highest BCUT2D eigenvalue weighted by atomic mass is 19.4. The predicted molar refractivity (Wildman–Crippen MR) is 125 cm³/mol. The Balaban J connectivity index is 0.000000203. The summed E-state index contributed by atoms with van der Waals surface area (Å²) < 4.78 is 56.2. The molecule has 2 aromatic carbocycles. The number of carbonyl (C=O) groups excluding carboxylic acids is 2. The van der Waals surface area contributed by atoms with E-state index in [2.05, 4.69) is 5.32 Å². The van der Waals surface area contributed by atoms with E-state index in [9.17, 15) is 27.2 Å². The molecule has 2 heterocycles. The number of nitrogens with one attached hydrogen (secondary N) is 1. The largest absolute Gasteiger partial charge is 0.416 e. The van der Waals surface area contributed by atoms with E-state index < -0.39 is 11.7 Å². The zero-order valence-corrected chi connectivity index (χ0v) is 19.5. The van der Waals surface area contributed by atoms with Crippen molar-refractivity contribution in [1.29, 1.82) is 0 Å². The van der Waals surface area contributed by atoms with E-state index in [0.717, 1.165) is 37.2 Å². The lowest BCUT2D eigenvalue weighted by Crippen LogP contribution is -2.38. The van der Waals surface area contributed by atoms with Gasteiger partial charge in [0.1, 0.15) is 12.1 Å². The van der Waals surface area contributed by atoms with Gasteiger partial charge in [-0.15, -0.1) is 0 Å². The van der Waals surface area contributed by atoms with Gasteiger partial charge in [-0.05, 0) is 55.3 Å². The van der Waals surface area contributed by atoms with Crippen molar-refractivity contribution in [2.24, 2.45) is 5.92 Å². The maximum absolute atomic E-state index is 13.7. The van der Waals surface area contributed by atoms with Gasteiger partial charge >= 0.3 is 6.18 Å². The van der Waals surface area contributed by atoms with Gasteiger partial charge in [-0.25, -0.2) is 4.39 Å². The zero-order chi connectivity index (χ0) is 25.4. The summed E-state index contributed by atoms with van der Waals surface area (Å²) in [6.07, 6.45) is -2.30. The van der Waals surface area contributed by atoms with Crippen LogP contribution in [0.3, 0.4) is 0 Å². The standard InChI is InChI=1S/C14H14F3NO2.C11H15FN2O/c15-14(16,17)12-3-1-11(2-4-12)13(20)18-7-5-10(9-19)6-8-18;1-13-9-2-3-11(10(12)8-9)14-4-6-15-7-5-14/h1-4,9-10H,5-8H2;2-3,8,13H,4-7H2,1H3. The Morgan fingerprint density at radius 1 is 1.03 bits per heavy atom. The number of hydrogen-bond donors (Lipinski definition) is 1. The third-order valence-corrected chi connectivity index (χ3v) is 6.07. The van der Waals surface area contributed by atoms with E-state index in [1.807, 2.05) is 17.0 Å². The number of anilines is 2. The zero-order valence-electron chi connectivity index (χ0n) is 19.5. The Hall–Kier alpha value is -3.14. The lowest BCUT2D eigenvalue weighted by Gasteiger charge is -2.29. The van der Waals surface area contributed by atoms with Crippen LogP contribution in [-0.2, 0) is 15.7 Å². The second kappa shape index (κ2) is 12.0. The number of alkyl halides is 3. The van der Waals surface area contributed by atoms with Crippen molar-refractivity contribution >= 4 is 23.6 Å². The topological polar surface area (TPSA) is 61.9 Å². The second-order valence-electron chi connectivity index (χ2n) is 8.36. The molecule has 0 unspecified atom stereocenters. The number of hydrogen-bond acceptors (Lipinski definition) is 5. The fraction of sp³-hybridized carbons (Fsp3) is 0.440. The molecule has 0 spiro atoms. The molecule has 4 rings (SSSR count). The number of benzene rings is 2. The molecular weight excluding hydrogens is 466 g/mol. The maximum Gasteiger partial charge on any atom is 0.416 e. The minimum atomic E-state index is -4.40. The van der Waals surface area contributed by atoms with Crippen LogP contribution in [-0.4, -0.2) is 63.5 Å². The number of piperidine rings is 1. The van der Waals surface area contributed by atoms with Gasteiger partial charge in [0.2, 0.25) is 0 Å². The summed E-state index contributed by atoms with van der Waals surface area (Å²) in [6, 6.07) is 9.41. The molecule has 10 heteroatoms. The molecule has 1 amide bonds. The average Bonchev–Trinajstić information content (AvgIpc) is 2.88. The molecule has 6 nitrogen and oxygen atoms in total. The van der Waals surface area contributed by atoms with Crippen molar-refractivity contribution < 1.29 is 31.9 Å². The van der Waals surface area contributed by atoms with Gasteiger partial charge in [0.25, 0.3) is 5.91 Å². The third kappa shape index (κ3) is 7.17. The summed E-state index contributed by atoms with van der Waals surface area (Å²) >= 11 is 0. The molecule has 2 aliphatic rings. The van der Waals surface area contributed by atoms with Crippen LogP contribution in [0.15, 0.2) is 42.5 Å². The highest BCUT2D eigenvalue weighted by molar-refractivity contribution is 5.94. The fourth-order valence-corrected chi connectivity index (χ4v) is 3.95. The number of halogens is 4. The van der Waals surface area contributed by atoms with Crippen LogP contribution in [0.4, 0.5) is 28.9 Å². The molecule has 0 aliphatic carbocycles. The number of nitrogens with zero attached hydrogens (tertiary/aromatic N) is 2. The highest BCUT2D eigenvalue weighted by Crippen LogP contribution is 2.29. The average molecular weight is 496 g/mol. The molecule has 1 N–H and O–H groups in total. The second-order valence-corrected chi connectivity index (χ2v) is 8.36. The summed E-state index contributed by atoms with van der Waals surface area (Å²) in [6.45, 7) is 3.79. The van der Waals surface area contributed by atoms with Gasteiger partial charge in [0.15, 0.2) is 0 Å². The summed E-state index contributed by atoms with van der Waals surface area (Å²) in [5.74, 6) is -0.488. The Morgan fingerprint density at radius 3 is 2.17 bits per heavy atom. The van der Waals surface area contributed by atoms with Crippen LogP contribution in [0.25, 0.3) is 0 Å². The molecule has 0 aromatic heterocycles. The van der Waals surface area contributed by atoms with E-state index in [1.54, 1.807) is 11.9 Å². The molecule has 2 saturated heterocycles. The number of likely N-dealkylation sites (tertiary alicyclic amines) is 1. The van der Waals surface area contributed by atoms with Gasteiger partial charge in [0.05, 0.1) is 24.5 Å². The smallest absolute Gasteiger partial charge is 0.388 e. The van der Waals surface area contributed by atoms with Gasteiger partial charge < -0.3 is 24.6 Å². The van der Waals surface area contributed by atoms with E-state index in [0.29, 0.717) is 44.8 Å². The first-order valence-corrected chi connectivity index (χ1v) is 11.4. The van der Waals surface area contributed by atoms with Crippen LogP contribution in [0.5, 0.6) is 0 Å². The first kappa shape index (κ1) is 26.5. The molecule has 0 bridgehead atoms. The van der Waals surface area contributed by atoms with Crippen LogP contribution in [0.1, 0.15) is 28.8 Å². The Labute approximate surface area is 201 Å². The quantitative estimate of drug-likeness (QED) is 0.501. The van der Waals surface area contributed by atoms with Gasteiger partial charge in [0, 0.05) is 50.4 Å². The van der Waals surface area contributed by atoms with E-state index >= 15 is 0 Å². The number of ether oxygens (including phenoxy) is 1. The monoisotopic (exact) mass is 495 g/mol. The van der Waals surface area contributed by atoms with Crippen molar-refractivity contribution in [1.82, 2.24) is 4.90 Å². The van der Waals surface area contributed by atoms with Crippen molar-refractivity contribution in [3.63, 3.8) is 0 Å². The number of amides is 1. The molecule has 0 radical (unpaired) electrons. The third-order valence-electron chi connectivity index (χ3n) is 6.07. The van der Waals surface area contributed by atoms with E-state index in [1.165, 1.54) is 18.2 Å². The molecule has 2 aromatic rings. The van der Waals surface area contributed by atoms with E-state index in [4.69, 9.17) is 4.74 Å². The first-order chi connectivity index (χ1) is 16.7. The number of morpholine rings is 1. The number of carbonyl (C=O) groups is 2. The normalized spacial score (nSPS) is 16.8. The highest BCUT2D eigenvalue weighted by Gasteiger charge is 2.30. The maximum atomic E-state index is 13.7. The molecule has 0 atom stereocenters. The van der Waals surface area contributed by atoms with Crippen molar-refractivity contribution in [3.05, 3.63) is 59.4 Å². The molecular formula is C25H29F4N3O3. The van der Waals surface area contributed by atoms with Crippen molar-refractivity contribution in [2.75, 3.05) is 56.7 Å². The van der Waals surface area contributed by atoms with Gasteiger partial charge in [-0.2, -0.15) is 13.2 Å². The molecule has 0 saturated carbocycles. The Bertz CT molecular complexity index is 984. The summed E-state index contributed by atoms with van der Waals surface area (Å²) in [7, 11) is 1.78.